The maximum absolute atomic E-state index is 13.4. The van der Waals surface area contributed by atoms with E-state index in [1.807, 2.05) is 16.8 Å². The Balaban J connectivity index is 1.32. The van der Waals surface area contributed by atoms with Crippen LogP contribution in [0.4, 0.5) is 33.9 Å². The van der Waals surface area contributed by atoms with Gasteiger partial charge in [-0.3, -0.25) is 0 Å². The summed E-state index contributed by atoms with van der Waals surface area (Å²) in [6, 6.07) is 9.53. The van der Waals surface area contributed by atoms with Crippen molar-refractivity contribution in [1.82, 2.24) is 14.9 Å². The van der Waals surface area contributed by atoms with Gasteiger partial charge in [0.15, 0.2) is 0 Å². The van der Waals surface area contributed by atoms with Crippen LogP contribution in [-0.2, 0) is 6.18 Å². The number of rotatable bonds is 4. The van der Waals surface area contributed by atoms with Gasteiger partial charge in [-0.15, -0.1) is 0 Å². The molecular weight excluding hydrogens is 494 g/mol. The van der Waals surface area contributed by atoms with Crippen molar-refractivity contribution in [3.63, 3.8) is 0 Å². The molecule has 4 heterocycles. The van der Waals surface area contributed by atoms with E-state index in [1.165, 1.54) is 35.6 Å². The highest BCUT2D eigenvalue weighted by atomic mass is 32.1. The number of alkyl halides is 3. The zero-order valence-corrected chi connectivity index (χ0v) is 19.7. The molecule has 1 saturated heterocycles. The van der Waals surface area contributed by atoms with Gasteiger partial charge in [0.1, 0.15) is 17.3 Å². The molecule has 11 heteroatoms. The van der Waals surface area contributed by atoms with Crippen LogP contribution in [0.2, 0.25) is 0 Å². The van der Waals surface area contributed by atoms with Crippen molar-refractivity contribution in [2.45, 2.75) is 25.1 Å². The Bertz CT molecular complexity index is 1390. The number of urea groups is 1. The molecule has 2 N–H and O–H groups in total. The van der Waals surface area contributed by atoms with Crippen LogP contribution in [0.3, 0.4) is 0 Å². The van der Waals surface area contributed by atoms with E-state index < -0.39 is 17.7 Å². The summed E-state index contributed by atoms with van der Waals surface area (Å²) in [5.74, 6) is 0.0187. The highest BCUT2D eigenvalue weighted by Crippen LogP contribution is 2.35. The summed E-state index contributed by atoms with van der Waals surface area (Å²) in [5.41, 5.74) is 0.946. The van der Waals surface area contributed by atoms with Crippen LogP contribution in [0, 0.1) is 5.82 Å². The van der Waals surface area contributed by atoms with Crippen LogP contribution < -0.4 is 10.6 Å². The topological polar surface area (TPSA) is 70.2 Å². The van der Waals surface area contributed by atoms with E-state index in [1.54, 1.807) is 17.2 Å². The molecule has 0 atom stereocenters. The van der Waals surface area contributed by atoms with Crippen molar-refractivity contribution in [3.8, 4) is 11.1 Å². The second-order valence-electron chi connectivity index (χ2n) is 8.47. The fraction of sp³-hybridized carbons (Fsp3) is 0.240. The highest BCUT2D eigenvalue weighted by molar-refractivity contribution is 7.08. The van der Waals surface area contributed by atoms with Gasteiger partial charge in [0.25, 0.3) is 0 Å². The maximum Gasteiger partial charge on any atom is 0.433 e. The molecule has 4 aromatic rings. The quantitative estimate of drug-likeness (QED) is 0.300. The number of nitrogens with one attached hydrogen (secondary N) is 2. The van der Waals surface area contributed by atoms with Crippen LogP contribution in [0.15, 0.2) is 59.4 Å². The number of nitrogens with zero attached hydrogens (tertiary/aromatic N) is 3. The van der Waals surface area contributed by atoms with Crippen LogP contribution in [-0.4, -0.2) is 40.0 Å². The highest BCUT2D eigenvalue weighted by Gasteiger charge is 2.33. The van der Waals surface area contributed by atoms with E-state index in [0.29, 0.717) is 48.4 Å². The van der Waals surface area contributed by atoms with Gasteiger partial charge in [-0.2, -0.15) is 24.5 Å². The Hall–Kier alpha value is -3.73. The zero-order valence-electron chi connectivity index (χ0n) is 18.8. The Morgan fingerprint density at radius 3 is 2.61 bits per heavy atom. The molecule has 0 bridgehead atoms. The first-order valence-electron chi connectivity index (χ1n) is 11.3. The average Bonchev–Trinajstić information content (AvgIpc) is 3.38. The van der Waals surface area contributed by atoms with Gasteiger partial charge in [-0.05, 0) is 65.6 Å². The van der Waals surface area contributed by atoms with Crippen molar-refractivity contribution < 1.29 is 22.4 Å². The van der Waals surface area contributed by atoms with Crippen LogP contribution >= 0.6 is 11.3 Å². The number of likely N-dealkylation sites (tertiary alicyclic amines) is 1. The number of hydrogen-bond donors (Lipinski definition) is 2. The Kier molecular flexibility index (Phi) is 6.48. The molecule has 0 unspecified atom stereocenters. The summed E-state index contributed by atoms with van der Waals surface area (Å²) in [5, 5.41) is 10.2. The van der Waals surface area contributed by atoms with Gasteiger partial charge in [0, 0.05) is 42.0 Å². The normalized spacial score (nSPS) is 14.7. The summed E-state index contributed by atoms with van der Waals surface area (Å²) in [7, 11) is 0. The van der Waals surface area contributed by atoms with E-state index in [-0.39, 0.29) is 17.6 Å². The molecule has 186 valence electrons. The number of carbonyl (C=O) groups excluding carboxylic acids is 1. The summed E-state index contributed by atoms with van der Waals surface area (Å²) in [6.07, 6.45) is -1.79. The van der Waals surface area contributed by atoms with Crippen molar-refractivity contribution in [2.24, 2.45) is 0 Å². The molecule has 5 rings (SSSR count). The Morgan fingerprint density at radius 2 is 1.92 bits per heavy atom. The fourth-order valence-electron chi connectivity index (χ4n) is 4.21. The molecule has 1 aromatic carbocycles. The number of aromatic nitrogens is 2. The van der Waals surface area contributed by atoms with Crippen molar-refractivity contribution in [1.29, 1.82) is 0 Å². The van der Waals surface area contributed by atoms with Crippen molar-refractivity contribution in [2.75, 3.05) is 23.7 Å². The van der Waals surface area contributed by atoms with Gasteiger partial charge >= 0.3 is 12.2 Å². The predicted molar refractivity (Wildman–Crippen MR) is 131 cm³/mol. The van der Waals surface area contributed by atoms with Crippen LogP contribution in [0.1, 0.15) is 18.5 Å². The first-order valence-corrected chi connectivity index (χ1v) is 12.2. The molecule has 1 fully saturated rings. The molecule has 0 spiro atoms. The van der Waals surface area contributed by atoms with E-state index in [0.717, 1.165) is 11.6 Å². The van der Waals surface area contributed by atoms with Gasteiger partial charge in [-0.1, -0.05) is 6.07 Å². The largest absolute Gasteiger partial charge is 0.433 e. The number of pyridine rings is 2. The number of benzene rings is 1. The average molecular weight is 516 g/mol. The van der Waals surface area contributed by atoms with E-state index in [2.05, 4.69) is 20.6 Å². The molecule has 6 nitrogen and oxygen atoms in total. The van der Waals surface area contributed by atoms with E-state index in [4.69, 9.17) is 0 Å². The van der Waals surface area contributed by atoms with E-state index in [9.17, 15) is 22.4 Å². The molecule has 36 heavy (non-hydrogen) atoms. The Morgan fingerprint density at radius 1 is 1.11 bits per heavy atom. The second kappa shape index (κ2) is 9.73. The molecule has 0 radical (unpaired) electrons. The summed E-state index contributed by atoms with van der Waals surface area (Å²) in [4.78, 5) is 22.6. The lowest BCUT2D eigenvalue weighted by molar-refractivity contribution is -0.140. The minimum atomic E-state index is -4.56. The lowest BCUT2D eigenvalue weighted by Crippen LogP contribution is -2.44. The number of anilines is 2. The number of amides is 2. The first kappa shape index (κ1) is 24.0. The third-order valence-corrected chi connectivity index (χ3v) is 6.73. The minimum Gasteiger partial charge on any atom is -0.367 e. The summed E-state index contributed by atoms with van der Waals surface area (Å²) >= 11 is 1.44. The van der Waals surface area contributed by atoms with Gasteiger partial charge in [-0.25, -0.2) is 19.2 Å². The zero-order chi connectivity index (χ0) is 25.3. The van der Waals surface area contributed by atoms with Crippen LogP contribution in [0.25, 0.3) is 22.0 Å². The number of thiophene rings is 1. The number of fused-ring (bicyclic) bond motifs is 1. The fourth-order valence-corrected chi connectivity index (χ4v) is 4.86. The molecule has 1 aliphatic rings. The number of hydrogen-bond acceptors (Lipinski definition) is 5. The SMILES string of the molecule is O=C(Nc1cccc(F)c1)N1CCC(Nc2ncc(-c3ccsc3)c3nc(C(F)(F)F)ccc23)CC1. The smallest absolute Gasteiger partial charge is 0.367 e. The second-order valence-corrected chi connectivity index (χ2v) is 9.25. The lowest BCUT2D eigenvalue weighted by atomic mass is 10.0. The monoisotopic (exact) mass is 515 g/mol. The predicted octanol–water partition coefficient (Wildman–Crippen LogP) is 6.62. The third kappa shape index (κ3) is 5.11. The van der Waals surface area contributed by atoms with Gasteiger partial charge in [0.2, 0.25) is 0 Å². The number of carbonyl (C=O) groups is 1. The number of halogens is 4. The summed E-state index contributed by atoms with van der Waals surface area (Å²) in [6.45, 7) is 0.917. The molecule has 0 saturated carbocycles. The molecule has 1 aliphatic heterocycles. The van der Waals surface area contributed by atoms with E-state index >= 15 is 0 Å². The molecule has 3 aromatic heterocycles. The Labute approximate surface area is 208 Å². The third-order valence-electron chi connectivity index (χ3n) is 6.05. The van der Waals surface area contributed by atoms with Crippen LogP contribution in [0.5, 0.6) is 0 Å². The van der Waals surface area contributed by atoms with Crippen molar-refractivity contribution >= 4 is 39.8 Å². The number of piperidine rings is 1. The van der Waals surface area contributed by atoms with Gasteiger partial charge < -0.3 is 15.5 Å². The van der Waals surface area contributed by atoms with Gasteiger partial charge in [0.05, 0.1) is 5.52 Å². The minimum absolute atomic E-state index is 0.0341. The molecule has 2 amide bonds. The molecule has 0 aliphatic carbocycles. The first-order chi connectivity index (χ1) is 17.3. The molecular formula is C25H21F4N5OS. The standard InChI is InChI=1S/C25H21F4N5OS/c26-16-2-1-3-18(12-16)32-24(35)34-9-6-17(7-10-34)31-23-19-4-5-21(25(27,28)29)33-22(19)20(13-30-23)15-8-11-36-14-15/h1-5,8,11-14,17H,6-7,9-10H2,(H,30,31)(H,32,35). The summed E-state index contributed by atoms with van der Waals surface area (Å²) < 4.78 is 53.5. The van der Waals surface area contributed by atoms with Crippen molar-refractivity contribution in [3.05, 3.63) is 70.9 Å². The lowest BCUT2D eigenvalue weighted by Gasteiger charge is -2.33. The maximum atomic E-state index is 13.4.